The monoisotopic (exact) mass is 336 g/mol. The number of ether oxygens (including phenoxy) is 1. The van der Waals surface area contributed by atoms with Crippen molar-refractivity contribution in [2.24, 2.45) is 5.92 Å². The first-order chi connectivity index (χ1) is 11.2. The van der Waals surface area contributed by atoms with E-state index in [2.05, 4.69) is 0 Å². The van der Waals surface area contributed by atoms with Crippen LogP contribution in [-0.2, 0) is 4.74 Å². The fourth-order valence-electron chi connectivity index (χ4n) is 2.31. The summed E-state index contributed by atoms with van der Waals surface area (Å²) >= 11 is 0. The predicted octanol–water partition coefficient (Wildman–Crippen LogP) is 3.28. The Balaban J connectivity index is 3.32. The van der Waals surface area contributed by atoms with Crippen LogP contribution in [0.5, 0.6) is 0 Å². The third-order valence-electron chi connectivity index (χ3n) is 3.94. The maximum atomic E-state index is 12.8. The largest absolute Gasteiger partial charge is 0.462 e. The zero-order chi connectivity index (χ0) is 18.4. The van der Waals surface area contributed by atoms with E-state index in [0.717, 1.165) is 6.07 Å². The van der Waals surface area contributed by atoms with Crippen molar-refractivity contribution in [1.29, 1.82) is 0 Å². The lowest BCUT2D eigenvalue weighted by molar-refractivity contribution is -0.384. The summed E-state index contributed by atoms with van der Waals surface area (Å²) in [6.45, 7) is 10.0. The Morgan fingerprint density at radius 2 is 1.75 bits per heavy atom. The minimum Gasteiger partial charge on any atom is -0.462 e. The Morgan fingerprint density at radius 3 is 2.21 bits per heavy atom. The Labute approximate surface area is 141 Å². The number of rotatable bonds is 7. The van der Waals surface area contributed by atoms with E-state index in [0.29, 0.717) is 6.54 Å². The number of esters is 1. The zero-order valence-electron chi connectivity index (χ0n) is 14.7. The summed E-state index contributed by atoms with van der Waals surface area (Å²) < 4.78 is 4.88. The number of carbonyl (C=O) groups excluding carboxylic acids is 2. The van der Waals surface area contributed by atoms with Gasteiger partial charge in [-0.3, -0.25) is 14.9 Å². The molecule has 0 saturated carbocycles. The second-order valence-corrected chi connectivity index (χ2v) is 5.82. The fourth-order valence-corrected chi connectivity index (χ4v) is 2.31. The van der Waals surface area contributed by atoms with Gasteiger partial charge in [0.15, 0.2) is 0 Å². The van der Waals surface area contributed by atoms with Gasteiger partial charge in [0.05, 0.1) is 17.1 Å². The molecule has 0 N–H and O–H groups in total. The second-order valence-electron chi connectivity index (χ2n) is 5.82. The third-order valence-corrected chi connectivity index (χ3v) is 3.94. The van der Waals surface area contributed by atoms with Gasteiger partial charge in [0.2, 0.25) is 0 Å². The van der Waals surface area contributed by atoms with Crippen LogP contribution in [0.2, 0.25) is 0 Å². The van der Waals surface area contributed by atoms with Crippen LogP contribution in [0.1, 0.15) is 55.3 Å². The molecule has 7 heteroatoms. The first-order valence-electron chi connectivity index (χ1n) is 8.00. The summed E-state index contributed by atoms with van der Waals surface area (Å²) in [4.78, 5) is 36.8. The van der Waals surface area contributed by atoms with Crippen LogP contribution in [-0.4, -0.2) is 40.9 Å². The lowest BCUT2D eigenvalue weighted by atomic mass is 10.0. The topological polar surface area (TPSA) is 89.8 Å². The molecule has 0 unspecified atom stereocenters. The first-order valence-corrected chi connectivity index (χ1v) is 8.00. The molecule has 1 aromatic carbocycles. The van der Waals surface area contributed by atoms with E-state index >= 15 is 0 Å². The minimum absolute atomic E-state index is 0.00246. The van der Waals surface area contributed by atoms with Gasteiger partial charge in [0.1, 0.15) is 0 Å². The van der Waals surface area contributed by atoms with Crippen LogP contribution in [0.25, 0.3) is 0 Å². The van der Waals surface area contributed by atoms with Gasteiger partial charge in [-0.25, -0.2) is 4.79 Å². The van der Waals surface area contributed by atoms with Crippen molar-refractivity contribution < 1.29 is 19.2 Å². The molecule has 0 aromatic heterocycles. The van der Waals surface area contributed by atoms with Gasteiger partial charge < -0.3 is 9.64 Å². The van der Waals surface area contributed by atoms with E-state index in [4.69, 9.17) is 4.74 Å². The van der Waals surface area contributed by atoms with Crippen LogP contribution in [0.4, 0.5) is 5.69 Å². The highest BCUT2D eigenvalue weighted by Gasteiger charge is 2.25. The molecule has 0 aliphatic rings. The predicted molar refractivity (Wildman–Crippen MR) is 90.1 cm³/mol. The molecular weight excluding hydrogens is 312 g/mol. The summed E-state index contributed by atoms with van der Waals surface area (Å²) in [5.41, 5.74) is -0.193. The Morgan fingerprint density at radius 1 is 1.17 bits per heavy atom. The molecule has 132 valence electrons. The molecule has 0 aliphatic heterocycles. The number of nitro benzene ring substituents is 1. The number of nitrogens with zero attached hydrogens (tertiary/aromatic N) is 2. The molecule has 1 amide bonds. The molecule has 24 heavy (non-hydrogen) atoms. The molecule has 0 saturated heterocycles. The van der Waals surface area contributed by atoms with E-state index < -0.39 is 10.9 Å². The fraction of sp³-hybridized carbons (Fsp3) is 0.529. The number of nitro groups is 1. The molecule has 0 heterocycles. The van der Waals surface area contributed by atoms with Crippen molar-refractivity contribution >= 4 is 17.6 Å². The van der Waals surface area contributed by atoms with E-state index in [9.17, 15) is 19.7 Å². The molecule has 0 radical (unpaired) electrons. The number of hydrogen-bond donors (Lipinski definition) is 0. The Hall–Kier alpha value is -2.44. The normalized spacial score (nSPS) is 11.9. The maximum absolute atomic E-state index is 12.8. The Bertz CT molecular complexity index is 627. The highest BCUT2D eigenvalue weighted by molar-refractivity contribution is 5.99. The van der Waals surface area contributed by atoms with Gasteiger partial charge in [-0.05, 0) is 32.8 Å². The first kappa shape index (κ1) is 19.6. The van der Waals surface area contributed by atoms with Crippen molar-refractivity contribution in [3.8, 4) is 0 Å². The number of non-ortho nitro benzene ring substituents is 1. The maximum Gasteiger partial charge on any atom is 0.338 e. The number of hydrogen-bond acceptors (Lipinski definition) is 5. The smallest absolute Gasteiger partial charge is 0.338 e. The second kappa shape index (κ2) is 8.42. The molecular formula is C17H24N2O5. The summed E-state index contributed by atoms with van der Waals surface area (Å²) in [5, 5.41) is 11.1. The van der Waals surface area contributed by atoms with E-state index in [-0.39, 0.29) is 41.3 Å². The molecule has 0 aliphatic carbocycles. The molecule has 1 atom stereocenters. The zero-order valence-corrected chi connectivity index (χ0v) is 14.7. The van der Waals surface area contributed by atoms with E-state index in [1.165, 1.54) is 12.1 Å². The summed E-state index contributed by atoms with van der Waals surface area (Å²) in [6, 6.07) is 3.63. The molecule has 7 nitrogen and oxygen atoms in total. The van der Waals surface area contributed by atoms with Gasteiger partial charge in [0.25, 0.3) is 11.6 Å². The van der Waals surface area contributed by atoms with E-state index in [1.54, 1.807) is 11.8 Å². The third kappa shape index (κ3) is 4.53. The van der Waals surface area contributed by atoms with Crippen LogP contribution in [0.15, 0.2) is 18.2 Å². The lowest BCUT2D eigenvalue weighted by Crippen LogP contribution is -2.41. The van der Waals surface area contributed by atoms with Gasteiger partial charge >= 0.3 is 5.97 Å². The van der Waals surface area contributed by atoms with Crippen molar-refractivity contribution in [3.05, 3.63) is 39.4 Å². The van der Waals surface area contributed by atoms with Gasteiger partial charge in [-0.15, -0.1) is 0 Å². The molecule has 0 fully saturated rings. The van der Waals surface area contributed by atoms with Crippen molar-refractivity contribution in [2.45, 2.75) is 40.7 Å². The molecule has 1 aromatic rings. The standard InChI is InChI=1S/C17H24N2O5/c1-6-18(12(5)11(3)4)16(20)13-8-14(17(21)24-7-2)10-15(9-13)19(22)23/h8-12H,6-7H2,1-5H3/t12-/m1/s1. The van der Waals surface area contributed by atoms with Gasteiger partial charge in [-0.1, -0.05) is 13.8 Å². The van der Waals surface area contributed by atoms with Gasteiger partial charge in [0, 0.05) is 30.3 Å². The van der Waals surface area contributed by atoms with Crippen LogP contribution in [0.3, 0.4) is 0 Å². The number of benzene rings is 1. The number of amides is 1. The molecule has 0 spiro atoms. The van der Waals surface area contributed by atoms with Crippen LogP contribution >= 0.6 is 0 Å². The van der Waals surface area contributed by atoms with Crippen molar-refractivity contribution in [3.63, 3.8) is 0 Å². The average molecular weight is 336 g/mol. The molecule has 1 rings (SSSR count). The highest BCUT2D eigenvalue weighted by Crippen LogP contribution is 2.21. The van der Waals surface area contributed by atoms with Gasteiger partial charge in [-0.2, -0.15) is 0 Å². The van der Waals surface area contributed by atoms with Crippen molar-refractivity contribution in [2.75, 3.05) is 13.2 Å². The summed E-state index contributed by atoms with van der Waals surface area (Å²) in [5.74, 6) is -0.791. The quantitative estimate of drug-likeness (QED) is 0.433. The minimum atomic E-state index is -0.685. The SMILES string of the molecule is CCOC(=O)c1cc(C(=O)N(CC)[C@H](C)C(C)C)cc([N+](=O)[O-])c1. The lowest BCUT2D eigenvalue weighted by Gasteiger charge is -2.31. The van der Waals surface area contributed by atoms with E-state index in [1.807, 2.05) is 27.7 Å². The summed E-state index contributed by atoms with van der Waals surface area (Å²) in [6.07, 6.45) is 0. The average Bonchev–Trinajstić information content (AvgIpc) is 2.54. The van der Waals surface area contributed by atoms with Crippen LogP contribution < -0.4 is 0 Å². The van der Waals surface area contributed by atoms with Crippen molar-refractivity contribution in [1.82, 2.24) is 4.90 Å². The van der Waals surface area contributed by atoms with Crippen LogP contribution in [0, 0.1) is 16.0 Å². The molecule has 0 bridgehead atoms. The summed E-state index contributed by atoms with van der Waals surface area (Å²) in [7, 11) is 0. The highest BCUT2D eigenvalue weighted by atomic mass is 16.6. The Kier molecular flexibility index (Phi) is 6.88. The number of carbonyl (C=O) groups is 2.